The molecule has 1 N–H and O–H groups in total. The molecule has 3 nitrogen and oxygen atoms in total. The van der Waals surface area contributed by atoms with E-state index in [9.17, 15) is 0 Å². The van der Waals surface area contributed by atoms with E-state index in [4.69, 9.17) is 0 Å². The molecule has 0 amide bonds. The molecule has 0 aliphatic carbocycles. The molecular weight excluding hydrogens is 262 g/mol. The van der Waals surface area contributed by atoms with Crippen molar-refractivity contribution in [1.29, 1.82) is 0 Å². The zero-order chi connectivity index (χ0) is 13.0. The van der Waals surface area contributed by atoms with Gasteiger partial charge < -0.3 is 5.32 Å². The maximum atomic E-state index is 4.46. The summed E-state index contributed by atoms with van der Waals surface area (Å²) >= 11 is 3.15. The first-order chi connectivity index (χ1) is 8.72. The average Bonchev–Trinajstić information content (AvgIpc) is 2.86. The predicted molar refractivity (Wildman–Crippen MR) is 77.3 cm³/mol. The smallest absolute Gasteiger partial charge is 0.174 e. The molecule has 2 aromatic rings. The maximum Gasteiger partial charge on any atom is 0.174 e. The van der Waals surface area contributed by atoms with Gasteiger partial charge in [-0.05, 0) is 43.2 Å². The van der Waals surface area contributed by atoms with Crippen LogP contribution < -0.4 is 5.32 Å². The highest BCUT2D eigenvalue weighted by atomic mass is 32.2. The summed E-state index contributed by atoms with van der Waals surface area (Å²) in [6, 6.07) is 8.98. The van der Waals surface area contributed by atoms with E-state index in [-0.39, 0.29) is 0 Å². The lowest BCUT2D eigenvalue weighted by Gasteiger charge is -2.10. The topological polar surface area (TPSA) is 37.8 Å². The van der Waals surface area contributed by atoms with Gasteiger partial charge in [0.25, 0.3) is 0 Å². The van der Waals surface area contributed by atoms with Crippen molar-refractivity contribution >= 4 is 23.3 Å². The van der Waals surface area contributed by atoms with Crippen LogP contribution in [0.4, 0.5) is 0 Å². The highest BCUT2D eigenvalue weighted by Gasteiger charge is 2.06. The first kappa shape index (κ1) is 13.5. The second-order valence-corrected chi connectivity index (χ2v) is 6.08. The van der Waals surface area contributed by atoms with Crippen LogP contribution in [0.15, 0.2) is 33.5 Å². The van der Waals surface area contributed by atoms with E-state index < -0.39 is 0 Å². The van der Waals surface area contributed by atoms with Crippen LogP contribution in [0.25, 0.3) is 0 Å². The minimum Gasteiger partial charge on any atom is -0.313 e. The third kappa shape index (κ3) is 3.31. The molecule has 0 spiro atoms. The summed E-state index contributed by atoms with van der Waals surface area (Å²) in [5.41, 5.74) is 1.30. The Morgan fingerprint density at radius 1 is 1.33 bits per heavy atom. The van der Waals surface area contributed by atoms with E-state index in [1.807, 2.05) is 7.05 Å². The zero-order valence-electron chi connectivity index (χ0n) is 10.8. The number of hydrogen-bond donors (Lipinski definition) is 1. The highest BCUT2D eigenvalue weighted by Crippen LogP contribution is 2.29. The Morgan fingerprint density at radius 3 is 2.61 bits per heavy atom. The van der Waals surface area contributed by atoms with Crippen LogP contribution in [-0.4, -0.2) is 16.4 Å². The summed E-state index contributed by atoms with van der Waals surface area (Å²) in [6.45, 7) is 4.23. The number of nitrogens with one attached hydrogen (secondary N) is 1. The van der Waals surface area contributed by atoms with Crippen LogP contribution in [-0.2, 0) is 6.42 Å². The van der Waals surface area contributed by atoms with Gasteiger partial charge in [-0.2, -0.15) is 4.37 Å². The molecule has 0 aliphatic heterocycles. The summed E-state index contributed by atoms with van der Waals surface area (Å²) in [5, 5.41) is 3.23. The zero-order valence-corrected chi connectivity index (χ0v) is 12.4. The normalized spacial score (nSPS) is 12.6. The van der Waals surface area contributed by atoms with Crippen molar-refractivity contribution in [2.45, 2.75) is 35.5 Å². The number of nitrogens with zero attached hydrogens (tertiary/aromatic N) is 2. The van der Waals surface area contributed by atoms with Gasteiger partial charge in [0.2, 0.25) is 0 Å². The van der Waals surface area contributed by atoms with E-state index >= 15 is 0 Å². The van der Waals surface area contributed by atoms with Crippen LogP contribution in [0.2, 0.25) is 0 Å². The molecular formula is C13H17N3S2. The van der Waals surface area contributed by atoms with E-state index in [0.29, 0.717) is 6.04 Å². The van der Waals surface area contributed by atoms with Gasteiger partial charge in [0, 0.05) is 17.4 Å². The molecule has 1 aromatic heterocycles. The average molecular weight is 279 g/mol. The number of benzene rings is 1. The predicted octanol–water partition coefficient (Wildman–Crippen LogP) is 3.53. The minimum atomic E-state index is 0.386. The highest BCUT2D eigenvalue weighted by molar-refractivity contribution is 8.01. The molecule has 0 bridgehead atoms. The summed E-state index contributed by atoms with van der Waals surface area (Å²) in [6.07, 6.45) is 0.898. The number of aromatic nitrogens is 2. The van der Waals surface area contributed by atoms with Crippen LogP contribution >= 0.6 is 23.3 Å². The molecule has 18 heavy (non-hydrogen) atoms. The van der Waals surface area contributed by atoms with Crippen molar-refractivity contribution in [1.82, 2.24) is 14.7 Å². The fourth-order valence-electron chi connectivity index (χ4n) is 1.52. The fourth-order valence-corrected chi connectivity index (χ4v) is 3.19. The number of rotatable bonds is 5. The quantitative estimate of drug-likeness (QED) is 0.908. The number of hydrogen-bond acceptors (Lipinski definition) is 5. The Bertz CT molecular complexity index is 493. The molecule has 0 saturated carbocycles. The van der Waals surface area contributed by atoms with Gasteiger partial charge >= 0.3 is 0 Å². The van der Waals surface area contributed by atoms with Crippen molar-refractivity contribution in [3.63, 3.8) is 0 Å². The maximum absolute atomic E-state index is 4.46. The van der Waals surface area contributed by atoms with Gasteiger partial charge in [-0.15, -0.1) is 0 Å². The second-order valence-electron chi connectivity index (χ2n) is 4.01. The Labute approximate surface area is 116 Å². The SMILES string of the molecule is CCc1nsc(Sc2ccc(C(C)NC)cc2)n1. The van der Waals surface area contributed by atoms with Crippen LogP contribution in [0.3, 0.4) is 0 Å². The van der Waals surface area contributed by atoms with Crippen LogP contribution in [0.5, 0.6) is 0 Å². The molecule has 5 heteroatoms. The first-order valence-electron chi connectivity index (χ1n) is 6.00. The van der Waals surface area contributed by atoms with Crippen molar-refractivity contribution in [2.75, 3.05) is 7.05 Å². The molecule has 96 valence electrons. The second kappa shape index (κ2) is 6.31. The largest absolute Gasteiger partial charge is 0.313 e. The van der Waals surface area contributed by atoms with Crippen LogP contribution in [0.1, 0.15) is 31.3 Å². The summed E-state index contributed by atoms with van der Waals surface area (Å²) in [4.78, 5) is 5.66. The first-order valence-corrected chi connectivity index (χ1v) is 7.59. The molecule has 2 rings (SSSR count). The Morgan fingerprint density at radius 2 is 2.06 bits per heavy atom. The van der Waals surface area contributed by atoms with Crippen molar-refractivity contribution in [3.8, 4) is 0 Å². The van der Waals surface area contributed by atoms with Gasteiger partial charge in [0.1, 0.15) is 5.82 Å². The lowest BCUT2D eigenvalue weighted by molar-refractivity contribution is 0.652. The van der Waals surface area contributed by atoms with Crippen LogP contribution in [0, 0.1) is 0 Å². The van der Waals surface area contributed by atoms with Gasteiger partial charge in [-0.25, -0.2) is 4.98 Å². The summed E-state index contributed by atoms with van der Waals surface area (Å²) in [5.74, 6) is 0.933. The van der Waals surface area contributed by atoms with Crippen molar-refractivity contribution in [3.05, 3.63) is 35.7 Å². The van der Waals surface area contributed by atoms with E-state index in [2.05, 4.69) is 52.8 Å². The monoisotopic (exact) mass is 279 g/mol. The molecule has 0 radical (unpaired) electrons. The van der Waals surface area contributed by atoms with Gasteiger partial charge in [-0.1, -0.05) is 30.8 Å². The molecule has 1 unspecified atom stereocenters. The lowest BCUT2D eigenvalue weighted by atomic mass is 10.1. The van der Waals surface area contributed by atoms with Crippen molar-refractivity contribution < 1.29 is 0 Å². The molecule has 0 fully saturated rings. The Hall–Kier alpha value is -0.910. The summed E-state index contributed by atoms with van der Waals surface area (Å²) < 4.78 is 5.30. The number of aryl methyl sites for hydroxylation is 1. The molecule has 1 atom stereocenters. The van der Waals surface area contributed by atoms with Crippen molar-refractivity contribution in [2.24, 2.45) is 0 Å². The van der Waals surface area contributed by atoms with Gasteiger partial charge in [-0.3, -0.25) is 0 Å². The lowest BCUT2D eigenvalue weighted by Crippen LogP contribution is -2.11. The Balaban J connectivity index is 2.06. The van der Waals surface area contributed by atoms with E-state index in [0.717, 1.165) is 16.6 Å². The fraction of sp³-hybridized carbons (Fsp3) is 0.385. The third-order valence-corrected chi connectivity index (χ3v) is 4.58. The van der Waals surface area contributed by atoms with E-state index in [1.54, 1.807) is 11.8 Å². The van der Waals surface area contributed by atoms with E-state index in [1.165, 1.54) is 22.0 Å². The molecule has 0 aliphatic rings. The molecule has 0 saturated heterocycles. The molecule has 1 aromatic carbocycles. The van der Waals surface area contributed by atoms with Gasteiger partial charge in [0.05, 0.1) is 0 Å². The summed E-state index contributed by atoms with van der Waals surface area (Å²) in [7, 11) is 1.97. The molecule has 1 heterocycles. The Kier molecular flexibility index (Phi) is 4.74. The minimum absolute atomic E-state index is 0.386. The van der Waals surface area contributed by atoms with Gasteiger partial charge in [0.15, 0.2) is 4.34 Å². The third-order valence-electron chi connectivity index (χ3n) is 2.78. The standard InChI is InChI=1S/C13H17N3S2/c1-4-12-15-13(18-16-12)17-11-7-5-10(6-8-11)9(2)14-3/h5-9,14H,4H2,1-3H3.